The van der Waals surface area contributed by atoms with Crippen molar-refractivity contribution in [1.82, 2.24) is 10.2 Å². The Bertz CT molecular complexity index is 476. The number of nitrogens with zero attached hydrogens (tertiary/aromatic N) is 1. The van der Waals surface area contributed by atoms with Gasteiger partial charge in [0.1, 0.15) is 6.04 Å². The zero-order valence-electron chi connectivity index (χ0n) is 11.8. The molecular weight excluding hydrogens is 272 g/mol. The van der Waals surface area contributed by atoms with Crippen molar-refractivity contribution >= 4 is 23.6 Å². The van der Waals surface area contributed by atoms with E-state index in [9.17, 15) is 9.59 Å². The van der Waals surface area contributed by atoms with E-state index in [1.54, 1.807) is 16.7 Å². The Hall–Kier alpha value is -1.49. The molecular formula is C15H20N2O2S. The van der Waals surface area contributed by atoms with E-state index in [0.717, 1.165) is 5.75 Å². The third-order valence-corrected chi connectivity index (χ3v) is 4.31. The lowest BCUT2D eigenvalue weighted by atomic mass is 9.99. The quantitative estimate of drug-likeness (QED) is 0.841. The second-order valence-electron chi connectivity index (χ2n) is 5.16. The summed E-state index contributed by atoms with van der Waals surface area (Å²) in [5, 5.41) is 2.66. The number of hydrogen-bond donors (Lipinski definition) is 1. The van der Waals surface area contributed by atoms with Gasteiger partial charge in [-0.1, -0.05) is 32.0 Å². The topological polar surface area (TPSA) is 49.4 Å². The van der Waals surface area contributed by atoms with Crippen LogP contribution in [-0.2, 0) is 9.59 Å². The van der Waals surface area contributed by atoms with Gasteiger partial charge in [0.2, 0.25) is 11.8 Å². The van der Waals surface area contributed by atoms with Crippen molar-refractivity contribution in [2.24, 2.45) is 5.92 Å². The standard InChI is InChI=1S/C15H20N2O2S/c1-11(2)14-15(19)16-10-13(18)17(14)8-9-20-12-6-4-3-5-7-12/h3-7,11,14H,8-10H2,1-2H3,(H,16,19). The molecule has 1 fully saturated rings. The fourth-order valence-electron chi connectivity index (χ4n) is 2.37. The molecule has 1 aromatic carbocycles. The average Bonchev–Trinajstić information content (AvgIpc) is 2.43. The molecule has 1 unspecified atom stereocenters. The van der Waals surface area contributed by atoms with Crippen molar-refractivity contribution in [3.63, 3.8) is 0 Å². The van der Waals surface area contributed by atoms with E-state index in [0.29, 0.717) is 6.54 Å². The summed E-state index contributed by atoms with van der Waals surface area (Å²) in [5.74, 6) is 0.897. The van der Waals surface area contributed by atoms with Crippen LogP contribution in [0.3, 0.4) is 0 Å². The minimum Gasteiger partial charge on any atom is -0.345 e. The van der Waals surface area contributed by atoms with Crippen LogP contribution in [0.4, 0.5) is 0 Å². The molecule has 5 heteroatoms. The average molecular weight is 292 g/mol. The summed E-state index contributed by atoms with van der Waals surface area (Å²) >= 11 is 1.71. The van der Waals surface area contributed by atoms with Crippen LogP contribution in [0.5, 0.6) is 0 Å². The molecule has 4 nitrogen and oxygen atoms in total. The summed E-state index contributed by atoms with van der Waals surface area (Å²) < 4.78 is 0. The zero-order valence-corrected chi connectivity index (χ0v) is 12.7. The summed E-state index contributed by atoms with van der Waals surface area (Å²) in [6.45, 7) is 4.67. The van der Waals surface area contributed by atoms with E-state index in [2.05, 4.69) is 17.4 Å². The van der Waals surface area contributed by atoms with Gasteiger partial charge in [-0.15, -0.1) is 11.8 Å². The maximum atomic E-state index is 12.0. The van der Waals surface area contributed by atoms with Crippen molar-refractivity contribution in [1.29, 1.82) is 0 Å². The SMILES string of the molecule is CC(C)C1C(=O)NCC(=O)N1CCSc1ccccc1. The molecule has 0 spiro atoms. The number of hydrogen-bond acceptors (Lipinski definition) is 3. The van der Waals surface area contributed by atoms with Gasteiger partial charge in [0.15, 0.2) is 0 Å². The molecule has 20 heavy (non-hydrogen) atoms. The second-order valence-corrected chi connectivity index (χ2v) is 6.32. The number of carbonyl (C=O) groups excluding carboxylic acids is 2. The number of piperazine rings is 1. The van der Waals surface area contributed by atoms with E-state index in [4.69, 9.17) is 0 Å². The molecule has 0 aromatic heterocycles. The predicted molar refractivity (Wildman–Crippen MR) is 80.5 cm³/mol. The molecule has 1 atom stereocenters. The van der Waals surface area contributed by atoms with Gasteiger partial charge in [-0.25, -0.2) is 0 Å². The number of amides is 2. The fraction of sp³-hybridized carbons (Fsp3) is 0.467. The molecule has 0 bridgehead atoms. The van der Waals surface area contributed by atoms with Gasteiger partial charge in [-0.2, -0.15) is 0 Å². The smallest absolute Gasteiger partial charge is 0.243 e. The van der Waals surface area contributed by atoms with Gasteiger partial charge in [0.05, 0.1) is 6.54 Å². The van der Waals surface area contributed by atoms with Crippen molar-refractivity contribution in [2.45, 2.75) is 24.8 Å². The van der Waals surface area contributed by atoms with E-state index in [-0.39, 0.29) is 30.3 Å². The van der Waals surface area contributed by atoms with Crippen LogP contribution < -0.4 is 5.32 Å². The molecule has 2 amide bonds. The molecule has 2 rings (SSSR count). The predicted octanol–water partition coefficient (Wildman–Crippen LogP) is 1.76. The largest absolute Gasteiger partial charge is 0.345 e. The minimum atomic E-state index is -0.340. The van der Waals surface area contributed by atoms with Crippen molar-refractivity contribution in [3.8, 4) is 0 Å². The Morgan fingerprint density at radius 3 is 2.65 bits per heavy atom. The molecule has 1 aliphatic heterocycles. The first kappa shape index (κ1) is 14.9. The molecule has 1 aromatic rings. The molecule has 0 aliphatic carbocycles. The number of benzene rings is 1. The maximum Gasteiger partial charge on any atom is 0.243 e. The van der Waals surface area contributed by atoms with Crippen LogP contribution in [0.1, 0.15) is 13.8 Å². The minimum absolute atomic E-state index is 0.0111. The Labute approximate surface area is 123 Å². The number of rotatable bonds is 5. The highest BCUT2D eigenvalue weighted by atomic mass is 32.2. The Morgan fingerprint density at radius 2 is 2.00 bits per heavy atom. The number of thioether (sulfide) groups is 1. The van der Waals surface area contributed by atoms with Gasteiger partial charge in [-0.05, 0) is 18.1 Å². The second kappa shape index (κ2) is 6.79. The fourth-order valence-corrected chi connectivity index (χ4v) is 3.24. The molecule has 1 N–H and O–H groups in total. The van der Waals surface area contributed by atoms with E-state index in [1.165, 1.54) is 4.90 Å². The van der Waals surface area contributed by atoms with Crippen LogP contribution in [0.15, 0.2) is 35.2 Å². The summed E-state index contributed by atoms with van der Waals surface area (Å²) in [6, 6.07) is 9.74. The van der Waals surface area contributed by atoms with Crippen LogP contribution >= 0.6 is 11.8 Å². The molecule has 1 saturated heterocycles. The van der Waals surface area contributed by atoms with Gasteiger partial charge >= 0.3 is 0 Å². The first-order chi connectivity index (χ1) is 9.59. The molecule has 1 aliphatic rings. The Morgan fingerprint density at radius 1 is 1.30 bits per heavy atom. The lowest BCUT2D eigenvalue weighted by Crippen LogP contribution is -2.60. The first-order valence-corrected chi connectivity index (χ1v) is 7.83. The molecule has 0 radical (unpaired) electrons. The molecule has 108 valence electrons. The van der Waals surface area contributed by atoms with Crippen LogP contribution in [0.25, 0.3) is 0 Å². The molecule has 1 heterocycles. The van der Waals surface area contributed by atoms with Gasteiger partial charge in [0, 0.05) is 17.2 Å². The van der Waals surface area contributed by atoms with Gasteiger partial charge in [-0.3, -0.25) is 9.59 Å². The van der Waals surface area contributed by atoms with Gasteiger partial charge in [0.25, 0.3) is 0 Å². The normalized spacial score (nSPS) is 19.4. The zero-order chi connectivity index (χ0) is 14.5. The Balaban J connectivity index is 1.94. The van der Waals surface area contributed by atoms with E-state index >= 15 is 0 Å². The van der Waals surface area contributed by atoms with Gasteiger partial charge < -0.3 is 10.2 Å². The summed E-state index contributed by atoms with van der Waals surface area (Å²) in [7, 11) is 0. The summed E-state index contributed by atoms with van der Waals surface area (Å²) in [6.07, 6.45) is 0. The summed E-state index contributed by atoms with van der Waals surface area (Å²) in [5.41, 5.74) is 0. The van der Waals surface area contributed by atoms with E-state index in [1.807, 2.05) is 32.0 Å². The lowest BCUT2D eigenvalue weighted by Gasteiger charge is -2.37. The van der Waals surface area contributed by atoms with Crippen LogP contribution in [0.2, 0.25) is 0 Å². The van der Waals surface area contributed by atoms with Crippen molar-refractivity contribution < 1.29 is 9.59 Å². The highest BCUT2D eigenvalue weighted by Gasteiger charge is 2.35. The summed E-state index contributed by atoms with van der Waals surface area (Å²) in [4.78, 5) is 26.8. The maximum absolute atomic E-state index is 12.0. The number of carbonyl (C=O) groups is 2. The highest BCUT2D eigenvalue weighted by molar-refractivity contribution is 7.99. The third kappa shape index (κ3) is 3.54. The lowest BCUT2D eigenvalue weighted by molar-refractivity contribution is -0.147. The Kier molecular flexibility index (Phi) is 5.06. The van der Waals surface area contributed by atoms with E-state index < -0.39 is 0 Å². The van der Waals surface area contributed by atoms with Crippen molar-refractivity contribution in [3.05, 3.63) is 30.3 Å². The van der Waals surface area contributed by atoms with Crippen LogP contribution in [0, 0.1) is 5.92 Å². The molecule has 0 saturated carbocycles. The third-order valence-electron chi connectivity index (χ3n) is 3.31. The van der Waals surface area contributed by atoms with Crippen LogP contribution in [-0.4, -0.2) is 41.6 Å². The monoisotopic (exact) mass is 292 g/mol. The number of nitrogens with one attached hydrogen (secondary N) is 1. The highest BCUT2D eigenvalue weighted by Crippen LogP contribution is 2.20. The first-order valence-electron chi connectivity index (χ1n) is 6.84. The van der Waals surface area contributed by atoms with Crippen molar-refractivity contribution in [2.75, 3.05) is 18.8 Å².